The summed E-state index contributed by atoms with van der Waals surface area (Å²) in [4.78, 5) is 14.0. The van der Waals surface area contributed by atoms with Gasteiger partial charge in [0.15, 0.2) is 0 Å². The average molecular weight is 262 g/mol. The van der Waals surface area contributed by atoms with Gasteiger partial charge >= 0.3 is 6.09 Å². The van der Waals surface area contributed by atoms with Crippen molar-refractivity contribution in [1.29, 1.82) is 0 Å². The van der Waals surface area contributed by atoms with Gasteiger partial charge in [-0.1, -0.05) is 12.1 Å². The van der Waals surface area contributed by atoms with Crippen LogP contribution in [-0.2, 0) is 17.7 Å². The summed E-state index contributed by atoms with van der Waals surface area (Å²) in [5.74, 6) is 0. The second kappa shape index (κ2) is 4.85. The number of carbonyl (C=O) groups is 1. The van der Waals surface area contributed by atoms with E-state index in [1.54, 1.807) is 4.90 Å². The molecular formula is C15H22N2O2. The molecule has 1 heterocycles. The summed E-state index contributed by atoms with van der Waals surface area (Å²) in [6.45, 7) is 8.19. The summed E-state index contributed by atoms with van der Waals surface area (Å²) in [5, 5.41) is 0. The Labute approximate surface area is 114 Å². The van der Waals surface area contributed by atoms with Gasteiger partial charge < -0.3 is 10.5 Å². The number of nitrogens with two attached hydrogens (primary N) is 1. The third-order valence-electron chi connectivity index (χ3n) is 3.19. The minimum atomic E-state index is -0.475. The van der Waals surface area contributed by atoms with Crippen molar-refractivity contribution in [2.24, 2.45) is 5.73 Å². The van der Waals surface area contributed by atoms with Crippen LogP contribution in [0.5, 0.6) is 0 Å². The Hall–Kier alpha value is -1.55. The number of benzene rings is 1. The van der Waals surface area contributed by atoms with Crippen LogP contribution in [0.3, 0.4) is 0 Å². The maximum absolute atomic E-state index is 12.3. The van der Waals surface area contributed by atoms with Crippen molar-refractivity contribution < 1.29 is 9.53 Å². The number of hydrogen-bond acceptors (Lipinski definition) is 3. The molecule has 0 saturated heterocycles. The van der Waals surface area contributed by atoms with E-state index in [4.69, 9.17) is 10.5 Å². The molecular weight excluding hydrogens is 240 g/mol. The molecule has 1 amide bonds. The second-order valence-corrected chi connectivity index (χ2v) is 6.07. The zero-order valence-electron chi connectivity index (χ0n) is 12.1. The molecule has 1 aliphatic heterocycles. The quantitative estimate of drug-likeness (QED) is 0.846. The summed E-state index contributed by atoms with van der Waals surface area (Å²) in [5.41, 5.74) is 8.38. The third-order valence-corrected chi connectivity index (χ3v) is 3.19. The average Bonchev–Trinajstić information content (AvgIpc) is 2.61. The number of fused-ring (bicyclic) bond motifs is 1. The van der Waals surface area contributed by atoms with Crippen molar-refractivity contribution in [2.75, 3.05) is 4.90 Å². The topological polar surface area (TPSA) is 55.6 Å². The van der Waals surface area contributed by atoms with Crippen LogP contribution in [0, 0.1) is 0 Å². The largest absolute Gasteiger partial charge is 0.443 e. The summed E-state index contributed by atoms with van der Waals surface area (Å²) in [6.07, 6.45) is 0.571. The Morgan fingerprint density at radius 2 is 2.16 bits per heavy atom. The highest BCUT2D eigenvalue weighted by atomic mass is 16.6. The molecule has 19 heavy (non-hydrogen) atoms. The highest BCUT2D eigenvalue weighted by Crippen LogP contribution is 2.34. The van der Waals surface area contributed by atoms with Gasteiger partial charge in [-0.05, 0) is 51.3 Å². The van der Waals surface area contributed by atoms with E-state index in [0.717, 1.165) is 17.7 Å². The van der Waals surface area contributed by atoms with Crippen molar-refractivity contribution in [2.45, 2.75) is 52.3 Å². The smallest absolute Gasteiger partial charge is 0.415 e. The van der Waals surface area contributed by atoms with Crippen molar-refractivity contribution in [3.63, 3.8) is 0 Å². The fraction of sp³-hybridized carbons (Fsp3) is 0.533. The number of carbonyl (C=O) groups excluding carboxylic acids is 1. The normalized spacial score (nSPS) is 18.4. The first kappa shape index (κ1) is 13.9. The number of rotatable bonds is 1. The van der Waals surface area contributed by atoms with Gasteiger partial charge in [-0.25, -0.2) is 4.79 Å². The predicted molar refractivity (Wildman–Crippen MR) is 76.2 cm³/mol. The lowest BCUT2D eigenvalue weighted by Crippen LogP contribution is -2.40. The molecule has 1 atom stereocenters. The van der Waals surface area contributed by atoms with E-state index in [2.05, 4.69) is 6.07 Å². The van der Waals surface area contributed by atoms with Crippen LogP contribution < -0.4 is 10.6 Å². The van der Waals surface area contributed by atoms with Crippen LogP contribution >= 0.6 is 0 Å². The summed E-state index contributed by atoms with van der Waals surface area (Å²) in [7, 11) is 0. The Morgan fingerprint density at radius 1 is 1.47 bits per heavy atom. The van der Waals surface area contributed by atoms with Crippen molar-refractivity contribution >= 4 is 11.8 Å². The van der Waals surface area contributed by atoms with E-state index >= 15 is 0 Å². The molecule has 2 N–H and O–H groups in total. The molecule has 4 heteroatoms. The molecule has 1 aromatic carbocycles. The van der Waals surface area contributed by atoms with Crippen LogP contribution in [0.1, 0.15) is 38.8 Å². The molecule has 4 nitrogen and oxygen atoms in total. The lowest BCUT2D eigenvalue weighted by atomic mass is 10.1. The number of nitrogens with zero attached hydrogens (tertiary/aromatic N) is 1. The van der Waals surface area contributed by atoms with Crippen LogP contribution in [0.4, 0.5) is 10.5 Å². The molecule has 0 aliphatic carbocycles. The molecule has 1 aliphatic rings. The Bertz CT molecular complexity index is 491. The van der Waals surface area contributed by atoms with E-state index in [0.29, 0.717) is 6.54 Å². The van der Waals surface area contributed by atoms with Gasteiger partial charge in [0.25, 0.3) is 0 Å². The number of anilines is 1. The number of hydrogen-bond donors (Lipinski definition) is 1. The molecule has 104 valence electrons. The lowest BCUT2D eigenvalue weighted by Gasteiger charge is -2.27. The first-order valence-corrected chi connectivity index (χ1v) is 6.66. The molecule has 1 aromatic rings. The van der Waals surface area contributed by atoms with Crippen LogP contribution in [0.15, 0.2) is 18.2 Å². The lowest BCUT2D eigenvalue weighted by molar-refractivity contribution is 0.0572. The molecule has 0 bridgehead atoms. The van der Waals surface area contributed by atoms with Crippen LogP contribution in [0.25, 0.3) is 0 Å². The zero-order chi connectivity index (χ0) is 14.2. The van der Waals surface area contributed by atoms with E-state index in [-0.39, 0.29) is 12.1 Å². The standard InChI is InChI=1S/C15H22N2O2/c1-10-7-12-8-11(9-16)5-6-13(12)17(10)14(18)19-15(2,3)4/h5-6,8,10H,7,9,16H2,1-4H3. The van der Waals surface area contributed by atoms with E-state index in [1.165, 1.54) is 5.56 Å². The van der Waals surface area contributed by atoms with Crippen molar-refractivity contribution in [1.82, 2.24) is 0 Å². The minimum Gasteiger partial charge on any atom is -0.443 e. The van der Waals surface area contributed by atoms with E-state index in [1.807, 2.05) is 39.8 Å². The van der Waals surface area contributed by atoms with Gasteiger partial charge in [0.2, 0.25) is 0 Å². The highest BCUT2D eigenvalue weighted by Gasteiger charge is 2.33. The van der Waals surface area contributed by atoms with Crippen LogP contribution in [0.2, 0.25) is 0 Å². The van der Waals surface area contributed by atoms with Crippen LogP contribution in [-0.4, -0.2) is 17.7 Å². The maximum atomic E-state index is 12.3. The summed E-state index contributed by atoms with van der Waals surface area (Å²) in [6, 6.07) is 6.13. The summed E-state index contributed by atoms with van der Waals surface area (Å²) >= 11 is 0. The monoisotopic (exact) mass is 262 g/mol. The Morgan fingerprint density at radius 3 is 2.74 bits per heavy atom. The molecule has 0 aromatic heterocycles. The number of ether oxygens (including phenoxy) is 1. The molecule has 0 fully saturated rings. The second-order valence-electron chi connectivity index (χ2n) is 6.07. The third kappa shape index (κ3) is 2.89. The van der Waals surface area contributed by atoms with E-state index < -0.39 is 5.60 Å². The molecule has 0 spiro atoms. The Balaban J connectivity index is 2.27. The van der Waals surface area contributed by atoms with E-state index in [9.17, 15) is 4.79 Å². The summed E-state index contributed by atoms with van der Waals surface area (Å²) < 4.78 is 5.47. The van der Waals surface area contributed by atoms with Gasteiger partial charge in [0.1, 0.15) is 5.60 Å². The minimum absolute atomic E-state index is 0.123. The first-order chi connectivity index (χ1) is 8.81. The van der Waals surface area contributed by atoms with Gasteiger partial charge in [0.05, 0.1) is 5.69 Å². The SMILES string of the molecule is CC1Cc2cc(CN)ccc2N1C(=O)OC(C)(C)C. The predicted octanol–water partition coefficient (Wildman–Crippen LogP) is 2.83. The van der Waals surface area contributed by atoms with Crippen molar-refractivity contribution in [3.8, 4) is 0 Å². The molecule has 1 unspecified atom stereocenters. The fourth-order valence-corrected chi connectivity index (χ4v) is 2.40. The zero-order valence-corrected chi connectivity index (χ0v) is 12.1. The van der Waals surface area contributed by atoms with Gasteiger partial charge in [-0.15, -0.1) is 0 Å². The first-order valence-electron chi connectivity index (χ1n) is 6.66. The molecule has 2 rings (SSSR count). The fourth-order valence-electron chi connectivity index (χ4n) is 2.40. The van der Waals surface area contributed by atoms with Gasteiger partial charge in [0, 0.05) is 12.6 Å². The molecule has 0 saturated carbocycles. The van der Waals surface area contributed by atoms with Gasteiger partial charge in [-0.2, -0.15) is 0 Å². The molecule has 0 radical (unpaired) electrons. The maximum Gasteiger partial charge on any atom is 0.415 e. The van der Waals surface area contributed by atoms with Gasteiger partial charge in [-0.3, -0.25) is 4.90 Å². The van der Waals surface area contributed by atoms with Crippen molar-refractivity contribution in [3.05, 3.63) is 29.3 Å². The highest BCUT2D eigenvalue weighted by molar-refractivity contribution is 5.91. The Kier molecular flexibility index (Phi) is 3.54. The number of amides is 1.